The maximum Gasteiger partial charge on any atom is 0.326 e. The van der Waals surface area contributed by atoms with Gasteiger partial charge in [-0.15, -0.1) is 0 Å². The molecule has 7 N–H and O–H groups in total. The van der Waals surface area contributed by atoms with E-state index < -0.39 is 41.8 Å². The van der Waals surface area contributed by atoms with Crippen LogP contribution in [-0.4, -0.2) is 92.7 Å². The van der Waals surface area contributed by atoms with Gasteiger partial charge in [0.15, 0.2) is 5.52 Å². The maximum atomic E-state index is 12.5. The minimum atomic E-state index is -1.36. The Hall–Kier alpha value is -3.55. The molecule has 2 aromatic heterocycles. The number of nitrogens with zero attached hydrogens (tertiary/aromatic N) is 2. The summed E-state index contributed by atoms with van der Waals surface area (Å²) in [5, 5.41) is 22.6. The summed E-state index contributed by atoms with van der Waals surface area (Å²) in [5.41, 5.74) is 5.41. The summed E-state index contributed by atoms with van der Waals surface area (Å²) in [6.45, 7) is 0. The van der Waals surface area contributed by atoms with Crippen molar-refractivity contribution in [3.05, 3.63) is 58.0 Å². The number of carbonyl (C=O) groups excluding carboxylic acids is 2. The van der Waals surface area contributed by atoms with Gasteiger partial charge in [-0.1, -0.05) is 0 Å². The molecule has 0 aliphatic carbocycles. The summed E-state index contributed by atoms with van der Waals surface area (Å²) in [7, 11) is 0. The van der Waals surface area contributed by atoms with Gasteiger partial charge in [0, 0.05) is 55.4 Å². The molecule has 13 nitrogen and oxygen atoms in total. The van der Waals surface area contributed by atoms with E-state index in [1.807, 2.05) is 0 Å². The molecule has 3 aromatic rings. The molecule has 0 unspecified atom stereocenters. The van der Waals surface area contributed by atoms with E-state index >= 15 is 0 Å². The topological polar surface area (TPSA) is 217 Å². The van der Waals surface area contributed by atoms with E-state index in [4.69, 9.17) is 15.9 Å². The molecule has 3 rings (SSSR count). The number of nitrogens with two attached hydrogens (primary N) is 1. The number of carbonyl (C=O) groups is 4. The Morgan fingerprint density at radius 3 is 2.29 bits per heavy atom. The Morgan fingerprint density at radius 2 is 1.68 bits per heavy atom. The summed E-state index contributed by atoms with van der Waals surface area (Å²) in [5.74, 6) is -3.94. The summed E-state index contributed by atoms with van der Waals surface area (Å²) in [6.07, 6.45) is -0.686. The summed E-state index contributed by atoms with van der Waals surface area (Å²) in [6, 6.07) is 6.97. The van der Waals surface area contributed by atoms with Gasteiger partial charge in [0.05, 0.1) is 5.52 Å². The maximum absolute atomic E-state index is 12.5. The fourth-order valence-electron chi connectivity index (χ4n) is 2.84. The fraction of sp³-hybridized carbons (Fsp3) is 0.150. The monoisotopic (exact) mass is 494 g/mol. The number of carboxylic acid groups (broad SMARTS) is 2. The first-order chi connectivity index (χ1) is 15.6. The number of nitrogens with one attached hydrogen (secondary N) is 3. The van der Waals surface area contributed by atoms with E-state index in [0.717, 1.165) is 0 Å². The first-order valence-electron chi connectivity index (χ1n) is 9.47. The number of nitrogen functional groups attached to an aromatic ring is 1. The Balaban J connectivity index is 0.00000408. The second-order valence-electron chi connectivity index (χ2n) is 6.84. The van der Waals surface area contributed by atoms with Crippen molar-refractivity contribution in [2.24, 2.45) is 0 Å². The van der Waals surface area contributed by atoms with E-state index in [9.17, 15) is 24.0 Å². The summed E-state index contributed by atoms with van der Waals surface area (Å²) < 4.78 is 0. The molecule has 0 aliphatic heterocycles. The number of amides is 2. The minimum absolute atomic E-state index is 0. The van der Waals surface area contributed by atoms with Gasteiger partial charge in [-0.2, -0.15) is 0 Å². The van der Waals surface area contributed by atoms with E-state index in [1.165, 1.54) is 36.4 Å². The van der Waals surface area contributed by atoms with Crippen molar-refractivity contribution in [3.8, 4) is 0 Å². The van der Waals surface area contributed by atoms with E-state index in [-0.39, 0.29) is 72.4 Å². The zero-order valence-electron chi connectivity index (χ0n) is 17.6. The van der Waals surface area contributed by atoms with E-state index in [1.54, 1.807) is 0 Å². The van der Waals surface area contributed by atoms with Crippen LogP contribution in [0.3, 0.4) is 0 Å². The number of carboxylic acids is 2. The molecule has 0 saturated carbocycles. The van der Waals surface area contributed by atoms with Crippen molar-refractivity contribution in [1.82, 2.24) is 20.3 Å². The number of anilines is 2. The van der Waals surface area contributed by atoms with E-state index in [2.05, 4.69) is 25.6 Å². The minimum Gasteiger partial charge on any atom is -0.481 e. The number of aromatic amines is 1. The number of hydrogen-bond acceptors (Lipinski definition) is 8. The van der Waals surface area contributed by atoms with Crippen LogP contribution >= 0.6 is 0 Å². The molecule has 2 heterocycles. The second kappa shape index (κ2) is 11.5. The van der Waals surface area contributed by atoms with Gasteiger partial charge in [-0.25, -0.2) is 14.8 Å². The molecular formula is C20H18CaN6O7. The van der Waals surface area contributed by atoms with Crippen molar-refractivity contribution in [3.63, 3.8) is 0 Å². The number of benzene rings is 1. The average Bonchev–Trinajstić information content (AvgIpc) is 2.76. The third kappa shape index (κ3) is 6.73. The average molecular weight is 494 g/mol. The molecule has 0 aliphatic rings. The van der Waals surface area contributed by atoms with Gasteiger partial charge in [0.1, 0.15) is 11.7 Å². The number of fused-ring (bicyclic) bond motifs is 1. The number of hydrogen-bond donors (Lipinski definition) is 6. The van der Waals surface area contributed by atoms with Crippen LogP contribution in [0, 0.1) is 0 Å². The number of aliphatic carboxylic acids is 2. The quantitative estimate of drug-likeness (QED) is 0.227. The Kier molecular flexibility index (Phi) is 9.06. The first kappa shape index (κ1) is 26.7. The van der Waals surface area contributed by atoms with Crippen molar-refractivity contribution in [2.45, 2.75) is 18.9 Å². The predicted octanol–water partition coefficient (Wildman–Crippen LogP) is -0.180. The summed E-state index contributed by atoms with van der Waals surface area (Å²) in [4.78, 5) is 68.8. The molecule has 2 radical (unpaired) electrons. The number of pyridine rings is 1. The van der Waals surface area contributed by atoms with Gasteiger partial charge >= 0.3 is 11.9 Å². The van der Waals surface area contributed by atoms with Crippen LogP contribution in [0.4, 0.5) is 11.6 Å². The van der Waals surface area contributed by atoms with Gasteiger partial charge in [-0.3, -0.25) is 24.2 Å². The third-order valence-corrected chi connectivity index (χ3v) is 4.46. The molecule has 34 heavy (non-hydrogen) atoms. The number of aromatic nitrogens is 3. The predicted molar refractivity (Wildman–Crippen MR) is 120 cm³/mol. The normalized spacial score (nSPS) is 11.2. The molecule has 1 atom stereocenters. The molecule has 2 amide bonds. The molecule has 1 aromatic carbocycles. The van der Waals surface area contributed by atoms with Crippen molar-refractivity contribution < 1.29 is 29.4 Å². The van der Waals surface area contributed by atoms with Crippen LogP contribution < -0.4 is 21.9 Å². The van der Waals surface area contributed by atoms with Gasteiger partial charge < -0.3 is 26.6 Å². The Bertz CT molecular complexity index is 1310. The SMILES string of the molecule is Nc1nc2ccc(C(=O)Nc3ccc(C(=O)N[C@@H](CCC(=O)O)C(=O)O)cc3)nc2c(=O)[nH]1.[Ca]. The zero-order valence-corrected chi connectivity index (χ0v) is 19.8. The van der Waals surface area contributed by atoms with E-state index in [0.29, 0.717) is 5.69 Å². The van der Waals surface area contributed by atoms with Crippen LogP contribution in [0.25, 0.3) is 11.0 Å². The largest absolute Gasteiger partial charge is 0.481 e. The van der Waals surface area contributed by atoms with Gasteiger partial charge in [0.25, 0.3) is 17.4 Å². The molecule has 0 bridgehead atoms. The van der Waals surface area contributed by atoms with Crippen LogP contribution in [0.15, 0.2) is 41.2 Å². The Morgan fingerprint density at radius 1 is 1.00 bits per heavy atom. The van der Waals surface area contributed by atoms with Crippen LogP contribution in [0.5, 0.6) is 0 Å². The molecule has 172 valence electrons. The fourth-order valence-corrected chi connectivity index (χ4v) is 2.84. The van der Waals surface area contributed by atoms with Crippen molar-refractivity contribution >= 4 is 84.2 Å². The van der Waals surface area contributed by atoms with Crippen molar-refractivity contribution in [1.29, 1.82) is 0 Å². The smallest absolute Gasteiger partial charge is 0.326 e. The molecule has 0 fully saturated rings. The van der Waals surface area contributed by atoms with Crippen LogP contribution in [-0.2, 0) is 9.59 Å². The zero-order chi connectivity index (χ0) is 24.1. The first-order valence-corrected chi connectivity index (χ1v) is 9.47. The van der Waals surface area contributed by atoms with Gasteiger partial charge in [0.2, 0.25) is 5.95 Å². The van der Waals surface area contributed by atoms with Crippen molar-refractivity contribution in [2.75, 3.05) is 11.1 Å². The van der Waals surface area contributed by atoms with Gasteiger partial charge in [-0.05, 0) is 42.8 Å². The molecule has 14 heteroatoms. The standard InChI is InChI=1S/C20H18N6O7.Ca/c21-20-25-11-5-6-12(23-15(11)18(31)26-20)17(30)22-10-3-1-9(2-4-10)16(29)24-13(19(32)33)7-8-14(27)28;/h1-6,13H,7-8H2,(H,22,30)(H,24,29)(H,27,28)(H,32,33)(H3,21,25,26,31);/t13-;/m0./s1. The second-order valence-corrected chi connectivity index (χ2v) is 6.84. The summed E-state index contributed by atoms with van der Waals surface area (Å²) >= 11 is 0. The molecule has 0 spiro atoms. The number of rotatable bonds is 8. The van der Waals surface area contributed by atoms with Crippen LogP contribution in [0.1, 0.15) is 33.7 Å². The number of H-pyrrole nitrogens is 1. The molecule has 0 saturated heterocycles. The Labute approximate surface area is 220 Å². The third-order valence-electron chi connectivity index (χ3n) is 4.46. The molecular weight excluding hydrogens is 476 g/mol. The van der Waals surface area contributed by atoms with Crippen LogP contribution in [0.2, 0.25) is 0 Å².